The number of aryl methyl sites for hydroxylation is 2. The van der Waals surface area contributed by atoms with Gasteiger partial charge in [0.2, 0.25) is 0 Å². The zero-order valence-electron chi connectivity index (χ0n) is 14.1. The molecule has 0 radical (unpaired) electrons. The van der Waals surface area contributed by atoms with Crippen molar-refractivity contribution in [2.24, 2.45) is 0 Å². The molecular weight excluding hydrogens is 316 g/mol. The molecule has 0 amide bonds. The fraction of sp³-hybridized carbons (Fsp3) is 0.200. The zero-order valence-corrected chi connectivity index (χ0v) is 14.1. The van der Waals surface area contributed by atoms with Crippen LogP contribution in [0.3, 0.4) is 0 Å². The molecule has 3 aromatic rings. The summed E-state index contributed by atoms with van der Waals surface area (Å²) in [5, 5.41) is 9.11. The summed E-state index contributed by atoms with van der Waals surface area (Å²) in [6.45, 7) is 0.610. The molecule has 0 aliphatic heterocycles. The first-order valence-electron chi connectivity index (χ1n) is 8.11. The lowest BCUT2D eigenvalue weighted by atomic mass is 10.1. The number of carboxylic acids is 1. The molecule has 1 heterocycles. The number of hydrogen-bond donors (Lipinski definition) is 1. The van der Waals surface area contributed by atoms with Gasteiger partial charge < -0.3 is 14.4 Å². The summed E-state index contributed by atoms with van der Waals surface area (Å²) in [6, 6.07) is 15.0. The van der Waals surface area contributed by atoms with Gasteiger partial charge in [-0.3, -0.25) is 0 Å². The van der Waals surface area contributed by atoms with Gasteiger partial charge in [-0.15, -0.1) is 0 Å². The highest BCUT2D eigenvalue weighted by atomic mass is 16.5. The molecule has 0 saturated carbocycles. The Morgan fingerprint density at radius 2 is 1.92 bits per heavy atom. The van der Waals surface area contributed by atoms with E-state index in [1.54, 1.807) is 31.5 Å². The number of imidazole rings is 1. The van der Waals surface area contributed by atoms with Gasteiger partial charge in [-0.25, -0.2) is 9.78 Å². The molecule has 1 N–H and O–H groups in total. The highest BCUT2D eigenvalue weighted by Crippen LogP contribution is 2.14. The SMILES string of the molecule is COc1ccc(CCc2nccn2Cc2cccc(C(=O)O)c2)cc1. The van der Waals surface area contributed by atoms with E-state index in [0.717, 1.165) is 30.0 Å². The molecule has 0 bridgehead atoms. The van der Waals surface area contributed by atoms with Crippen LogP contribution in [0.15, 0.2) is 60.9 Å². The topological polar surface area (TPSA) is 64.4 Å². The standard InChI is InChI=1S/C20H20N2O3/c1-25-18-8-5-15(6-9-18)7-10-19-21-11-12-22(19)14-16-3-2-4-17(13-16)20(23)24/h2-6,8-9,11-13H,7,10,14H2,1H3,(H,23,24). The highest BCUT2D eigenvalue weighted by molar-refractivity contribution is 5.87. The third kappa shape index (κ3) is 4.26. The fourth-order valence-corrected chi connectivity index (χ4v) is 2.76. The number of aromatic carboxylic acids is 1. The molecule has 1 aromatic heterocycles. The zero-order chi connectivity index (χ0) is 17.6. The Bertz CT molecular complexity index is 853. The first-order valence-corrected chi connectivity index (χ1v) is 8.11. The maximum absolute atomic E-state index is 11.1. The number of hydrogen-bond acceptors (Lipinski definition) is 3. The van der Waals surface area contributed by atoms with E-state index in [2.05, 4.69) is 21.7 Å². The highest BCUT2D eigenvalue weighted by Gasteiger charge is 2.07. The number of carboxylic acid groups (broad SMARTS) is 1. The Kier molecular flexibility index (Phi) is 5.14. The van der Waals surface area contributed by atoms with Gasteiger partial charge in [-0.2, -0.15) is 0 Å². The minimum Gasteiger partial charge on any atom is -0.497 e. The first-order chi connectivity index (χ1) is 12.2. The molecule has 0 aliphatic rings. The Morgan fingerprint density at radius 3 is 2.64 bits per heavy atom. The number of methoxy groups -OCH3 is 1. The van der Waals surface area contributed by atoms with E-state index >= 15 is 0 Å². The van der Waals surface area contributed by atoms with Crippen LogP contribution in [0.2, 0.25) is 0 Å². The average molecular weight is 336 g/mol. The number of nitrogens with zero attached hydrogens (tertiary/aromatic N) is 2. The van der Waals surface area contributed by atoms with Crippen molar-refractivity contribution in [2.75, 3.05) is 7.11 Å². The lowest BCUT2D eigenvalue weighted by Crippen LogP contribution is -2.07. The van der Waals surface area contributed by atoms with E-state index in [-0.39, 0.29) is 0 Å². The molecule has 0 unspecified atom stereocenters. The van der Waals surface area contributed by atoms with Crippen LogP contribution in [0.5, 0.6) is 5.75 Å². The molecule has 0 aliphatic carbocycles. The molecule has 5 heteroatoms. The summed E-state index contributed by atoms with van der Waals surface area (Å²) < 4.78 is 7.23. The van der Waals surface area contributed by atoms with Gasteiger partial charge in [-0.1, -0.05) is 24.3 Å². The van der Waals surface area contributed by atoms with Gasteiger partial charge >= 0.3 is 5.97 Å². The first kappa shape index (κ1) is 16.8. The van der Waals surface area contributed by atoms with E-state index in [1.165, 1.54) is 5.56 Å². The van der Waals surface area contributed by atoms with Crippen LogP contribution in [0, 0.1) is 0 Å². The molecule has 0 spiro atoms. The van der Waals surface area contributed by atoms with Crippen LogP contribution in [-0.4, -0.2) is 27.7 Å². The predicted molar refractivity (Wildman–Crippen MR) is 95.1 cm³/mol. The van der Waals surface area contributed by atoms with Crippen LogP contribution in [-0.2, 0) is 19.4 Å². The van der Waals surface area contributed by atoms with Crippen molar-refractivity contribution < 1.29 is 14.6 Å². The Morgan fingerprint density at radius 1 is 1.12 bits per heavy atom. The molecule has 25 heavy (non-hydrogen) atoms. The third-order valence-electron chi connectivity index (χ3n) is 4.12. The number of rotatable bonds is 7. The second-order valence-electron chi connectivity index (χ2n) is 5.82. The van der Waals surface area contributed by atoms with Crippen molar-refractivity contribution in [1.29, 1.82) is 0 Å². The average Bonchev–Trinajstić information content (AvgIpc) is 3.07. The van der Waals surface area contributed by atoms with Crippen molar-refractivity contribution in [3.63, 3.8) is 0 Å². The van der Waals surface area contributed by atoms with Crippen LogP contribution in [0.1, 0.15) is 27.3 Å². The second-order valence-corrected chi connectivity index (χ2v) is 5.82. The molecule has 0 atom stereocenters. The molecule has 5 nitrogen and oxygen atoms in total. The van der Waals surface area contributed by atoms with Crippen molar-refractivity contribution in [3.05, 3.63) is 83.4 Å². The minimum absolute atomic E-state index is 0.303. The maximum Gasteiger partial charge on any atom is 0.335 e. The monoisotopic (exact) mass is 336 g/mol. The summed E-state index contributed by atoms with van der Waals surface area (Å²) in [5.74, 6) is 0.923. The van der Waals surface area contributed by atoms with Gasteiger partial charge in [0.1, 0.15) is 11.6 Å². The van der Waals surface area contributed by atoms with Crippen molar-refractivity contribution >= 4 is 5.97 Å². The Labute approximate surface area is 146 Å². The van der Waals surface area contributed by atoms with Crippen molar-refractivity contribution in [1.82, 2.24) is 9.55 Å². The summed E-state index contributed by atoms with van der Waals surface area (Å²) in [6.07, 6.45) is 5.41. The quantitative estimate of drug-likeness (QED) is 0.718. The smallest absolute Gasteiger partial charge is 0.335 e. The second kappa shape index (κ2) is 7.66. The van der Waals surface area contributed by atoms with Crippen molar-refractivity contribution in [3.8, 4) is 5.75 Å². The van der Waals surface area contributed by atoms with Gasteiger partial charge in [-0.05, 0) is 41.8 Å². The maximum atomic E-state index is 11.1. The lowest BCUT2D eigenvalue weighted by Gasteiger charge is -2.09. The largest absolute Gasteiger partial charge is 0.497 e. The molecule has 3 rings (SSSR count). The van der Waals surface area contributed by atoms with Gasteiger partial charge in [0.25, 0.3) is 0 Å². The summed E-state index contributed by atoms with van der Waals surface area (Å²) in [4.78, 5) is 15.5. The molecule has 2 aromatic carbocycles. The number of carbonyl (C=O) groups is 1. The van der Waals surface area contributed by atoms with Crippen LogP contribution >= 0.6 is 0 Å². The number of benzene rings is 2. The molecule has 128 valence electrons. The lowest BCUT2D eigenvalue weighted by molar-refractivity contribution is 0.0696. The van der Waals surface area contributed by atoms with Crippen LogP contribution in [0.25, 0.3) is 0 Å². The van der Waals surface area contributed by atoms with E-state index in [9.17, 15) is 4.79 Å². The normalized spacial score (nSPS) is 10.6. The van der Waals surface area contributed by atoms with E-state index in [1.807, 2.05) is 24.4 Å². The van der Waals surface area contributed by atoms with Gasteiger partial charge in [0.05, 0.1) is 12.7 Å². The van der Waals surface area contributed by atoms with Crippen molar-refractivity contribution in [2.45, 2.75) is 19.4 Å². The van der Waals surface area contributed by atoms with Gasteiger partial charge in [0, 0.05) is 25.4 Å². The molecular formula is C20H20N2O3. The van der Waals surface area contributed by atoms with Crippen LogP contribution in [0.4, 0.5) is 0 Å². The summed E-state index contributed by atoms with van der Waals surface area (Å²) in [7, 11) is 1.66. The number of aromatic nitrogens is 2. The Hall–Kier alpha value is -3.08. The minimum atomic E-state index is -0.910. The van der Waals surface area contributed by atoms with Gasteiger partial charge in [0.15, 0.2) is 0 Å². The predicted octanol–water partition coefficient (Wildman–Crippen LogP) is 3.42. The third-order valence-corrected chi connectivity index (χ3v) is 4.12. The summed E-state index contributed by atoms with van der Waals surface area (Å²) in [5.41, 5.74) is 2.48. The van der Waals surface area contributed by atoms with E-state index in [4.69, 9.17) is 9.84 Å². The summed E-state index contributed by atoms with van der Waals surface area (Å²) >= 11 is 0. The van der Waals surface area contributed by atoms with Crippen LogP contribution < -0.4 is 4.74 Å². The van der Waals surface area contributed by atoms with E-state index in [0.29, 0.717) is 12.1 Å². The Balaban J connectivity index is 1.68. The van der Waals surface area contributed by atoms with E-state index < -0.39 is 5.97 Å². The molecule has 0 fully saturated rings. The fourth-order valence-electron chi connectivity index (χ4n) is 2.76. The molecule has 0 saturated heterocycles. The number of ether oxygens (including phenoxy) is 1.